The molecule has 216 valence electrons. The van der Waals surface area contributed by atoms with E-state index in [-0.39, 0.29) is 27.8 Å². The number of rotatable bonds is 7. The number of amides is 1. The molecule has 1 aliphatic heterocycles. The van der Waals surface area contributed by atoms with Crippen molar-refractivity contribution in [3.8, 4) is 10.4 Å². The highest BCUT2D eigenvalue weighted by Crippen LogP contribution is 2.44. The zero-order valence-electron chi connectivity index (χ0n) is 23.0. The fourth-order valence-electron chi connectivity index (χ4n) is 5.28. The molecule has 2 atom stereocenters. The van der Waals surface area contributed by atoms with Gasteiger partial charge in [-0.05, 0) is 70.1 Å². The fourth-order valence-corrected chi connectivity index (χ4v) is 7.58. The lowest BCUT2D eigenvalue weighted by Gasteiger charge is -2.27. The number of thiazole rings is 1. The summed E-state index contributed by atoms with van der Waals surface area (Å²) < 4.78 is 63.7. The van der Waals surface area contributed by atoms with Crippen molar-refractivity contribution in [1.82, 2.24) is 15.0 Å². The summed E-state index contributed by atoms with van der Waals surface area (Å²) in [5, 5.41) is 3.28. The summed E-state index contributed by atoms with van der Waals surface area (Å²) in [5.41, 5.74) is -0.592. The second kappa shape index (κ2) is 12.4. The number of nitrogens with one attached hydrogen (secondary N) is 2. The molecule has 1 aromatic carbocycles. The predicted octanol–water partition coefficient (Wildman–Crippen LogP) is 6.83. The SMILES string of the molecule is CC(c1nc(C(=O)NC2CCOCC2)sc1-c1ccc(S(=O)NC(C)(C)C)c(C(F)(F)F)c1)C1CCCCC1. The minimum absolute atomic E-state index is 0.00752. The highest BCUT2D eigenvalue weighted by atomic mass is 32.2. The molecule has 0 bridgehead atoms. The van der Waals surface area contributed by atoms with Crippen molar-refractivity contribution >= 4 is 28.2 Å². The smallest absolute Gasteiger partial charge is 0.381 e. The van der Waals surface area contributed by atoms with Crippen molar-refractivity contribution in [2.75, 3.05) is 13.2 Å². The molecule has 11 heteroatoms. The first-order chi connectivity index (χ1) is 18.3. The van der Waals surface area contributed by atoms with Gasteiger partial charge in [-0.15, -0.1) is 11.3 Å². The van der Waals surface area contributed by atoms with E-state index in [0.717, 1.165) is 43.1 Å². The van der Waals surface area contributed by atoms with Crippen LogP contribution in [0.3, 0.4) is 0 Å². The number of aromatic nitrogens is 1. The van der Waals surface area contributed by atoms with Crippen LogP contribution in [0, 0.1) is 5.92 Å². The molecule has 1 saturated heterocycles. The van der Waals surface area contributed by atoms with Crippen LogP contribution < -0.4 is 10.0 Å². The van der Waals surface area contributed by atoms with Gasteiger partial charge in [0.2, 0.25) is 0 Å². The van der Waals surface area contributed by atoms with Crippen LogP contribution in [0.4, 0.5) is 13.2 Å². The quantitative estimate of drug-likeness (QED) is 0.373. The van der Waals surface area contributed by atoms with Crippen molar-refractivity contribution < 1.29 is 26.9 Å². The summed E-state index contributed by atoms with van der Waals surface area (Å²) in [5.74, 6) is 0.0427. The second-order valence-electron chi connectivity index (χ2n) is 11.6. The fraction of sp³-hybridized carbons (Fsp3) is 0.643. The van der Waals surface area contributed by atoms with Crippen LogP contribution in [-0.4, -0.2) is 39.9 Å². The van der Waals surface area contributed by atoms with Crippen LogP contribution >= 0.6 is 11.3 Å². The maximum Gasteiger partial charge on any atom is 0.417 e. The van der Waals surface area contributed by atoms with Gasteiger partial charge in [0.25, 0.3) is 5.91 Å². The van der Waals surface area contributed by atoms with E-state index in [1.54, 1.807) is 26.8 Å². The van der Waals surface area contributed by atoms with Crippen LogP contribution in [0.15, 0.2) is 23.1 Å². The first-order valence-electron chi connectivity index (χ1n) is 13.6. The van der Waals surface area contributed by atoms with Crippen LogP contribution in [0.25, 0.3) is 10.4 Å². The lowest BCUT2D eigenvalue weighted by atomic mass is 9.79. The standard InChI is InChI=1S/C28H38F3N3O3S2/c1-17(18-8-6-5-7-9-18)23-24(38-26(33-23)25(35)32-20-12-14-37-15-13-20)19-10-11-22(21(16-19)28(29,30)31)39(36)34-27(2,3)4/h10-11,16-18,20,34H,5-9,12-15H2,1-4H3,(H,32,35). The van der Waals surface area contributed by atoms with Crippen molar-refractivity contribution in [1.29, 1.82) is 0 Å². The Bertz CT molecular complexity index is 1180. The molecule has 39 heavy (non-hydrogen) atoms. The average Bonchev–Trinajstić information content (AvgIpc) is 3.33. The summed E-state index contributed by atoms with van der Waals surface area (Å²) >= 11 is 1.13. The van der Waals surface area contributed by atoms with E-state index in [0.29, 0.717) is 48.1 Å². The third-order valence-electron chi connectivity index (χ3n) is 7.34. The van der Waals surface area contributed by atoms with Crippen LogP contribution in [-0.2, 0) is 21.9 Å². The molecule has 6 nitrogen and oxygen atoms in total. The second-order valence-corrected chi connectivity index (χ2v) is 13.8. The number of hydrogen-bond donors (Lipinski definition) is 2. The first-order valence-corrected chi connectivity index (χ1v) is 15.6. The van der Waals surface area contributed by atoms with Crippen LogP contribution in [0.5, 0.6) is 0 Å². The molecule has 0 radical (unpaired) electrons. The van der Waals surface area contributed by atoms with E-state index in [1.807, 2.05) is 0 Å². The van der Waals surface area contributed by atoms with Gasteiger partial charge >= 0.3 is 6.18 Å². The Morgan fingerprint density at radius 3 is 2.38 bits per heavy atom. The molecule has 1 aromatic heterocycles. The lowest BCUT2D eigenvalue weighted by Crippen LogP contribution is -2.38. The normalized spacial score (nSPS) is 19.6. The number of halogens is 3. The van der Waals surface area contributed by atoms with E-state index in [9.17, 15) is 22.2 Å². The van der Waals surface area contributed by atoms with Gasteiger partial charge < -0.3 is 10.1 Å². The number of carbonyl (C=O) groups excluding carboxylic acids is 1. The monoisotopic (exact) mass is 585 g/mol. The number of hydrogen-bond acceptors (Lipinski definition) is 5. The molecule has 0 spiro atoms. The Balaban J connectivity index is 1.74. The van der Waals surface area contributed by atoms with Gasteiger partial charge in [-0.3, -0.25) is 4.79 Å². The Morgan fingerprint density at radius 2 is 1.77 bits per heavy atom. The van der Waals surface area contributed by atoms with Gasteiger partial charge in [-0.1, -0.05) is 32.3 Å². The molecule has 1 saturated carbocycles. The number of nitrogens with zero attached hydrogens (tertiary/aromatic N) is 1. The molecule has 2 fully saturated rings. The molecule has 2 aliphatic rings. The number of alkyl halides is 3. The Kier molecular flexibility index (Phi) is 9.56. The average molecular weight is 586 g/mol. The minimum Gasteiger partial charge on any atom is -0.381 e. The van der Waals surface area contributed by atoms with Gasteiger partial charge in [0.15, 0.2) is 5.01 Å². The highest BCUT2D eigenvalue weighted by molar-refractivity contribution is 7.83. The van der Waals surface area contributed by atoms with Gasteiger partial charge in [0.05, 0.1) is 21.0 Å². The van der Waals surface area contributed by atoms with E-state index >= 15 is 0 Å². The highest BCUT2D eigenvalue weighted by Gasteiger charge is 2.37. The molecule has 2 unspecified atom stereocenters. The molecule has 2 N–H and O–H groups in total. The van der Waals surface area contributed by atoms with Crippen LogP contribution in [0.2, 0.25) is 0 Å². The third kappa shape index (κ3) is 7.68. The molecule has 4 rings (SSSR count). The minimum atomic E-state index is -4.70. The van der Waals surface area contributed by atoms with E-state index in [4.69, 9.17) is 9.72 Å². The summed E-state index contributed by atoms with van der Waals surface area (Å²) in [7, 11) is -2.06. The number of carbonyl (C=O) groups is 1. The lowest BCUT2D eigenvalue weighted by molar-refractivity contribution is -0.139. The molecule has 1 amide bonds. The van der Waals surface area contributed by atoms with Crippen molar-refractivity contribution in [3.05, 3.63) is 34.5 Å². The number of benzene rings is 1. The maximum absolute atomic E-state index is 14.2. The van der Waals surface area contributed by atoms with Gasteiger partial charge in [0.1, 0.15) is 11.0 Å². The largest absolute Gasteiger partial charge is 0.417 e. The summed E-state index contributed by atoms with van der Waals surface area (Å²) in [6, 6.07) is 3.89. The molecular formula is C28H38F3N3O3S2. The Morgan fingerprint density at radius 1 is 1.10 bits per heavy atom. The third-order valence-corrected chi connectivity index (χ3v) is 10.0. The van der Waals surface area contributed by atoms with Crippen molar-refractivity contribution in [3.63, 3.8) is 0 Å². The summed E-state index contributed by atoms with van der Waals surface area (Å²) in [4.78, 5) is 18.2. The predicted molar refractivity (Wildman–Crippen MR) is 148 cm³/mol. The van der Waals surface area contributed by atoms with Gasteiger partial charge in [0, 0.05) is 30.7 Å². The zero-order chi connectivity index (χ0) is 28.4. The Hall–Kier alpha value is -1.82. The van der Waals surface area contributed by atoms with E-state index in [1.165, 1.54) is 12.5 Å². The molecule has 2 heterocycles. The molecular weight excluding hydrogens is 547 g/mol. The van der Waals surface area contributed by atoms with Crippen molar-refractivity contribution in [2.24, 2.45) is 5.92 Å². The first kappa shape index (κ1) is 30.1. The number of ether oxygens (including phenoxy) is 1. The van der Waals surface area contributed by atoms with Crippen LogP contribution in [0.1, 0.15) is 99.6 Å². The van der Waals surface area contributed by atoms with Crippen molar-refractivity contribution in [2.45, 2.75) is 101 Å². The summed E-state index contributed by atoms with van der Waals surface area (Å²) in [6.45, 7) is 8.46. The van der Waals surface area contributed by atoms with Gasteiger partial charge in [-0.2, -0.15) is 13.2 Å². The van der Waals surface area contributed by atoms with E-state index < -0.39 is 28.3 Å². The zero-order valence-corrected chi connectivity index (χ0v) is 24.6. The van der Waals surface area contributed by atoms with Gasteiger partial charge in [-0.25, -0.2) is 13.9 Å². The topological polar surface area (TPSA) is 80.3 Å². The maximum atomic E-state index is 14.2. The Labute approximate surface area is 235 Å². The van der Waals surface area contributed by atoms with E-state index in [2.05, 4.69) is 17.0 Å². The summed E-state index contributed by atoms with van der Waals surface area (Å²) in [6.07, 6.45) is 2.20. The molecule has 1 aliphatic carbocycles. The molecule has 2 aromatic rings.